The average Bonchev–Trinajstić information content (AvgIpc) is 1.14. The van der Waals surface area contributed by atoms with E-state index in [1.54, 1.807) is 0 Å². The molecule has 10 heavy (non-hydrogen) atoms. The molecule has 0 saturated carbocycles. The number of hydrogen-bond donors (Lipinski definition) is 0. The molecule has 0 aliphatic rings. The Labute approximate surface area is 98.2 Å². The van der Waals surface area contributed by atoms with Crippen LogP contribution in [0.3, 0.4) is 0 Å². The Kier molecular flexibility index (Phi) is 6.09. The van der Waals surface area contributed by atoms with Gasteiger partial charge in [0.1, 0.15) is 15.9 Å². The van der Waals surface area contributed by atoms with E-state index in [-0.39, 0.29) is 51.4 Å². The van der Waals surface area contributed by atoms with Crippen LogP contribution in [-0.4, -0.2) is 24.9 Å². The molecule has 0 aromatic heterocycles. The van der Waals surface area contributed by atoms with E-state index in [1.165, 1.54) is 0 Å². The van der Waals surface area contributed by atoms with Crippen LogP contribution in [0.2, 0.25) is 0 Å². The Hall–Kier alpha value is 1.34. The molecule has 0 aliphatic heterocycles. The van der Waals surface area contributed by atoms with Crippen molar-refractivity contribution in [3.63, 3.8) is 0 Å². The van der Waals surface area contributed by atoms with Crippen molar-refractivity contribution >= 4 is 10.1 Å². The molecule has 0 fully saturated rings. The summed E-state index contributed by atoms with van der Waals surface area (Å²) >= 11 is 0. The van der Waals surface area contributed by atoms with Crippen molar-refractivity contribution in [2.75, 3.05) is 5.75 Å². The van der Waals surface area contributed by atoms with Crippen molar-refractivity contribution in [2.24, 2.45) is 0 Å². The van der Waals surface area contributed by atoms with Crippen LogP contribution in [0.4, 0.5) is 13.2 Å². The number of hydrogen-bond acceptors (Lipinski definition) is 3. The van der Waals surface area contributed by atoms with E-state index < -0.39 is 22.0 Å². The number of rotatable bonds is 1. The number of alkyl halides is 3. The zero-order valence-corrected chi connectivity index (χ0v) is 8.91. The van der Waals surface area contributed by atoms with Gasteiger partial charge >= 0.3 is 57.6 Å². The molecule has 56 valence electrons. The van der Waals surface area contributed by atoms with E-state index in [1.807, 2.05) is 0 Å². The molecule has 0 unspecified atom stereocenters. The van der Waals surface area contributed by atoms with Crippen LogP contribution in [0.25, 0.3) is 0 Å². The van der Waals surface area contributed by atoms with Crippen molar-refractivity contribution in [3.05, 3.63) is 0 Å². The second kappa shape index (κ2) is 4.38. The standard InChI is InChI=1S/C2H3F3O3S.K/c3-2(4,5)1-9(6,7)8;/h1H2,(H,6,7,8);/q;+1/p-1. The van der Waals surface area contributed by atoms with Crippen LogP contribution in [0, 0.1) is 0 Å². The first-order valence-corrected chi connectivity index (χ1v) is 3.29. The first kappa shape index (κ1) is 13.9. The van der Waals surface area contributed by atoms with Crippen LogP contribution < -0.4 is 51.4 Å². The van der Waals surface area contributed by atoms with Gasteiger partial charge in [0.15, 0.2) is 0 Å². The van der Waals surface area contributed by atoms with Crippen molar-refractivity contribution in [3.8, 4) is 0 Å². The minimum atomic E-state index is -5.16. The van der Waals surface area contributed by atoms with Gasteiger partial charge in [-0.15, -0.1) is 0 Å². The summed E-state index contributed by atoms with van der Waals surface area (Å²) < 4.78 is 61.0. The van der Waals surface area contributed by atoms with Gasteiger partial charge in [-0.2, -0.15) is 13.2 Å². The summed E-state index contributed by atoms with van der Waals surface area (Å²) in [4.78, 5) is 0. The van der Waals surface area contributed by atoms with Gasteiger partial charge in [-0.1, -0.05) is 0 Å². The maximum atomic E-state index is 11.0. The second-order valence-electron chi connectivity index (χ2n) is 1.32. The Morgan fingerprint density at radius 3 is 1.60 bits per heavy atom. The van der Waals surface area contributed by atoms with Crippen LogP contribution >= 0.6 is 0 Å². The third-order valence-electron chi connectivity index (χ3n) is 0.340. The van der Waals surface area contributed by atoms with Gasteiger partial charge in [-0.25, -0.2) is 8.42 Å². The van der Waals surface area contributed by atoms with Gasteiger partial charge < -0.3 is 4.55 Å². The zero-order chi connectivity index (χ0) is 7.71. The predicted molar refractivity (Wildman–Crippen MR) is 20.6 cm³/mol. The Morgan fingerprint density at radius 2 is 1.60 bits per heavy atom. The molecule has 0 atom stereocenters. The molecular weight excluding hydrogens is 200 g/mol. The number of halogens is 3. The monoisotopic (exact) mass is 202 g/mol. The molecule has 0 N–H and O–H groups in total. The van der Waals surface area contributed by atoms with Gasteiger partial charge in [0.25, 0.3) is 0 Å². The predicted octanol–water partition coefficient (Wildman–Crippen LogP) is -2.90. The largest absolute Gasteiger partial charge is 1.00 e. The maximum absolute atomic E-state index is 11.0. The van der Waals surface area contributed by atoms with E-state index in [2.05, 4.69) is 0 Å². The van der Waals surface area contributed by atoms with Gasteiger partial charge in [0.2, 0.25) is 0 Å². The molecular formula is C2H2F3KO3S. The summed E-state index contributed by atoms with van der Waals surface area (Å²) in [5, 5.41) is 0. The summed E-state index contributed by atoms with van der Waals surface area (Å²) in [6, 6.07) is 0. The summed E-state index contributed by atoms with van der Waals surface area (Å²) in [5.74, 6) is -2.29. The van der Waals surface area contributed by atoms with E-state index in [4.69, 9.17) is 0 Å². The smallest absolute Gasteiger partial charge is 0.748 e. The normalized spacial score (nSPS) is 12.4. The zero-order valence-electron chi connectivity index (χ0n) is 4.97. The molecule has 0 aromatic carbocycles. The minimum Gasteiger partial charge on any atom is -0.748 e. The van der Waals surface area contributed by atoms with Crippen LogP contribution in [0.15, 0.2) is 0 Å². The maximum Gasteiger partial charge on any atom is 1.00 e. The van der Waals surface area contributed by atoms with Crippen molar-refractivity contribution in [1.82, 2.24) is 0 Å². The minimum absolute atomic E-state index is 0. The molecule has 0 rings (SSSR count). The summed E-state index contributed by atoms with van der Waals surface area (Å²) in [5.41, 5.74) is 0. The fourth-order valence-electron chi connectivity index (χ4n) is 0.200. The third-order valence-corrected chi connectivity index (χ3v) is 1.02. The summed E-state index contributed by atoms with van der Waals surface area (Å²) in [6.45, 7) is 0. The second-order valence-corrected chi connectivity index (χ2v) is 2.72. The van der Waals surface area contributed by atoms with Gasteiger partial charge in [-0.05, 0) is 0 Å². The van der Waals surface area contributed by atoms with Crippen molar-refractivity contribution in [1.29, 1.82) is 0 Å². The van der Waals surface area contributed by atoms with Crippen LogP contribution in [0.5, 0.6) is 0 Å². The topological polar surface area (TPSA) is 57.2 Å². The first-order valence-electron chi connectivity index (χ1n) is 1.71. The third kappa shape index (κ3) is 12.1. The van der Waals surface area contributed by atoms with Gasteiger partial charge in [0, 0.05) is 0 Å². The molecule has 0 bridgehead atoms. The van der Waals surface area contributed by atoms with Crippen molar-refractivity contribution < 1.29 is 77.5 Å². The first-order chi connectivity index (χ1) is 3.71. The van der Waals surface area contributed by atoms with Gasteiger partial charge in [0.05, 0.1) is 0 Å². The Bertz CT molecular complexity index is 182. The fraction of sp³-hybridized carbons (Fsp3) is 1.00. The molecule has 3 nitrogen and oxygen atoms in total. The van der Waals surface area contributed by atoms with Crippen LogP contribution in [-0.2, 0) is 10.1 Å². The molecule has 0 amide bonds. The Balaban J connectivity index is 0. The molecule has 0 radical (unpaired) electrons. The SMILES string of the molecule is O=S(=O)([O-])CC(F)(F)F.[K+]. The molecule has 0 saturated heterocycles. The fourth-order valence-corrected chi connectivity index (χ4v) is 0.601. The van der Waals surface area contributed by atoms with Crippen molar-refractivity contribution in [2.45, 2.75) is 6.18 Å². The van der Waals surface area contributed by atoms with E-state index in [9.17, 15) is 26.1 Å². The Morgan fingerprint density at radius 1 is 1.30 bits per heavy atom. The summed E-state index contributed by atoms with van der Waals surface area (Å²) in [7, 11) is -5.16. The van der Waals surface area contributed by atoms with Crippen LogP contribution in [0.1, 0.15) is 0 Å². The molecule has 0 heterocycles. The van der Waals surface area contributed by atoms with E-state index in [0.717, 1.165) is 0 Å². The van der Waals surface area contributed by atoms with E-state index in [0.29, 0.717) is 0 Å². The average molecular weight is 202 g/mol. The van der Waals surface area contributed by atoms with Gasteiger partial charge in [-0.3, -0.25) is 0 Å². The molecule has 0 aromatic rings. The molecule has 0 spiro atoms. The summed E-state index contributed by atoms with van der Waals surface area (Å²) in [6.07, 6.45) is -4.92. The van der Waals surface area contributed by atoms with E-state index >= 15 is 0 Å². The molecule has 8 heteroatoms. The quantitative estimate of drug-likeness (QED) is 0.338. The molecule has 0 aliphatic carbocycles.